The van der Waals surface area contributed by atoms with Crippen LogP contribution in [-0.2, 0) is 19.1 Å². The molecule has 2 aromatic carbocycles. The van der Waals surface area contributed by atoms with Crippen LogP contribution in [0.2, 0.25) is 0 Å². The van der Waals surface area contributed by atoms with Crippen molar-refractivity contribution in [3.05, 3.63) is 53.1 Å². The normalized spacial score (nSPS) is 11.2. The molecule has 0 bridgehead atoms. The number of halogens is 3. The van der Waals surface area contributed by atoms with E-state index in [1.807, 2.05) is 13.0 Å². The molecule has 0 radical (unpaired) electrons. The van der Waals surface area contributed by atoms with Gasteiger partial charge in [-0.05, 0) is 41.4 Å². The van der Waals surface area contributed by atoms with Crippen molar-refractivity contribution < 1.29 is 17.9 Å². The Morgan fingerprint density at radius 1 is 1.12 bits per heavy atom. The highest BCUT2D eigenvalue weighted by Gasteiger charge is 2.34. The first kappa shape index (κ1) is 18.8. The molecule has 0 saturated heterocycles. The van der Waals surface area contributed by atoms with Crippen LogP contribution in [0.4, 0.5) is 13.2 Å². The quantitative estimate of drug-likeness (QED) is 0.832. The molecule has 0 aliphatic heterocycles. The van der Waals surface area contributed by atoms with Crippen LogP contribution in [0.15, 0.2) is 36.4 Å². The van der Waals surface area contributed by atoms with E-state index in [2.05, 4.69) is 5.32 Å². The Labute approximate surface area is 145 Å². The summed E-state index contributed by atoms with van der Waals surface area (Å²) in [7, 11) is 1.52. The third kappa shape index (κ3) is 4.31. The number of nitrogens with zero attached hydrogens (tertiary/aromatic N) is 1. The average Bonchev–Trinajstić information content (AvgIpc) is 2.59. The number of alkyl halides is 3. The Balaban J connectivity index is 2.72. The number of hydrogen-bond acceptors (Lipinski definition) is 3. The Kier molecular flexibility index (Phi) is 6.05. The number of rotatable bonds is 6. The minimum atomic E-state index is -4.51. The van der Waals surface area contributed by atoms with Gasteiger partial charge in [0.2, 0.25) is 0 Å². The molecule has 6 heteroatoms. The van der Waals surface area contributed by atoms with Crippen LogP contribution in [0.25, 0.3) is 11.1 Å². The van der Waals surface area contributed by atoms with E-state index >= 15 is 0 Å². The molecule has 0 saturated carbocycles. The van der Waals surface area contributed by atoms with Crippen LogP contribution in [-0.4, -0.2) is 13.7 Å². The third-order valence-electron chi connectivity index (χ3n) is 3.87. The van der Waals surface area contributed by atoms with Crippen molar-refractivity contribution in [1.29, 1.82) is 5.26 Å². The molecule has 0 aromatic heterocycles. The fourth-order valence-corrected chi connectivity index (χ4v) is 2.71. The van der Waals surface area contributed by atoms with Crippen molar-refractivity contribution in [2.45, 2.75) is 26.1 Å². The zero-order valence-electron chi connectivity index (χ0n) is 14.1. The summed E-state index contributed by atoms with van der Waals surface area (Å²) in [5.74, 6) is 0.572. The van der Waals surface area contributed by atoms with Gasteiger partial charge in [0.25, 0.3) is 0 Å². The molecule has 0 amide bonds. The van der Waals surface area contributed by atoms with Crippen molar-refractivity contribution in [1.82, 2.24) is 5.32 Å². The molecule has 132 valence electrons. The van der Waals surface area contributed by atoms with Crippen molar-refractivity contribution >= 4 is 0 Å². The molecule has 0 unspecified atom stereocenters. The molecule has 0 spiro atoms. The highest BCUT2D eigenvalue weighted by atomic mass is 19.4. The number of methoxy groups -OCH3 is 1. The molecule has 0 fully saturated rings. The van der Waals surface area contributed by atoms with Crippen molar-refractivity contribution in [2.75, 3.05) is 13.7 Å². The monoisotopic (exact) mass is 348 g/mol. The smallest absolute Gasteiger partial charge is 0.416 e. The average molecular weight is 348 g/mol. The van der Waals surface area contributed by atoms with E-state index < -0.39 is 11.7 Å². The number of nitrogens with one attached hydrogen (secondary N) is 1. The summed E-state index contributed by atoms with van der Waals surface area (Å²) in [4.78, 5) is 0. The first-order chi connectivity index (χ1) is 11.9. The van der Waals surface area contributed by atoms with Crippen LogP contribution in [0.3, 0.4) is 0 Å². The van der Waals surface area contributed by atoms with Crippen molar-refractivity contribution in [3.8, 4) is 22.9 Å². The maximum absolute atomic E-state index is 13.4. The first-order valence-corrected chi connectivity index (χ1v) is 7.86. The number of benzene rings is 2. The van der Waals surface area contributed by atoms with Crippen molar-refractivity contribution in [3.63, 3.8) is 0 Å². The molecule has 25 heavy (non-hydrogen) atoms. The van der Waals surface area contributed by atoms with E-state index in [1.54, 1.807) is 24.3 Å². The van der Waals surface area contributed by atoms with Gasteiger partial charge in [-0.15, -0.1) is 0 Å². The Morgan fingerprint density at radius 2 is 1.84 bits per heavy atom. The van der Waals surface area contributed by atoms with Crippen LogP contribution >= 0.6 is 0 Å². The van der Waals surface area contributed by atoms with E-state index in [9.17, 15) is 13.2 Å². The SMILES string of the molecule is CCNCc1cc(C(F)(F)F)c(CC#N)cc1-c1ccccc1OC. The zero-order valence-corrected chi connectivity index (χ0v) is 14.1. The minimum absolute atomic E-state index is 0.0313. The Bertz CT molecular complexity index is 779. The van der Waals surface area contributed by atoms with Gasteiger partial charge in [-0.1, -0.05) is 25.1 Å². The second-order valence-corrected chi connectivity index (χ2v) is 5.48. The lowest BCUT2D eigenvalue weighted by molar-refractivity contribution is -0.138. The standard InChI is InChI=1S/C19H19F3N2O/c1-3-24-12-14-11-17(19(20,21)22)13(8-9-23)10-16(14)15-6-4-5-7-18(15)25-2/h4-7,10-11,24H,3,8,12H2,1-2H3. The van der Waals surface area contributed by atoms with Gasteiger partial charge in [0.1, 0.15) is 5.75 Å². The number of hydrogen-bond donors (Lipinski definition) is 1. The lowest BCUT2D eigenvalue weighted by Crippen LogP contribution is -2.16. The summed E-state index contributed by atoms with van der Waals surface area (Å²) in [6.45, 7) is 2.81. The van der Waals surface area contributed by atoms with E-state index in [-0.39, 0.29) is 12.0 Å². The van der Waals surface area contributed by atoms with Gasteiger partial charge in [-0.3, -0.25) is 0 Å². The molecule has 1 N–H and O–H groups in total. The molecule has 0 heterocycles. The maximum Gasteiger partial charge on any atom is 0.416 e. The van der Waals surface area contributed by atoms with Gasteiger partial charge < -0.3 is 10.1 Å². The van der Waals surface area contributed by atoms with Gasteiger partial charge >= 0.3 is 6.18 Å². The maximum atomic E-state index is 13.4. The highest BCUT2D eigenvalue weighted by molar-refractivity contribution is 5.75. The summed E-state index contributed by atoms with van der Waals surface area (Å²) in [6, 6.07) is 11.6. The van der Waals surface area contributed by atoms with E-state index in [1.165, 1.54) is 13.2 Å². The predicted molar refractivity (Wildman–Crippen MR) is 90.1 cm³/mol. The molecular formula is C19H19F3N2O. The van der Waals surface area contributed by atoms with E-state index in [4.69, 9.17) is 10.00 Å². The summed E-state index contributed by atoms with van der Waals surface area (Å²) in [5.41, 5.74) is 1.06. The Morgan fingerprint density at radius 3 is 2.44 bits per heavy atom. The highest BCUT2D eigenvalue weighted by Crippen LogP contribution is 2.39. The van der Waals surface area contributed by atoms with Crippen molar-refractivity contribution in [2.24, 2.45) is 0 Å². The summed E-state index contributed by atoms with van der Waals surface area (Å²) in [6.07, 6.45) is -4.81. The molecule has 0 aliphatic carbocycles. The van der Waals surface area contributed by atoms with E-state index in [0.29, 0.717) is 35.5 Å². The zero-order chi connectivity index (χ0) is 18.4. The van der Waals surface area contributed by atoms with Gasteiger partial charge in [-0.25, -0.2) is 0 Å². The fourth-order valence-electron chi connectivity index (χ4n) is 2.71. The van der Waals surface area contributed by atoms with Crippen LogP contribution in [0.5, 0.6) is 5.75 Å². The van der Waals surface area contributed by atoms with Crippen LogP contribution < -0.4 is 10.1 Å². The summed E-state index contributed by atoms with van der Waals surface area (Å²) >= 11 is 0. The van der Waals surface area contributed by atoms with E-state index in [0.717, 1.165) is 6.07 Å². The summed E-state index contributed by atoms with van der Waals surface area (Å²) < 4.78 is 45.5. The predicted octanol–water partition coefficient (Wildman–Crippen LogP) is 4.56. The third-order valence-corrected chi connectivity index (χ3v) is 3.87. The lowest BCUT2D eigenvalue weighted by Gasteiger charge is -2.19. The minimum Gasteiger partial charge on any atom is -0.496 e. The molecule has 3 nitrogen and oxygen atoms in total. The molecular weight excluding hydrogens is 329 g/mol. The van der Waals surface area contributed by atoms with Crippen LogP contribution in [0.1, 0.15) is 23.6 Å². The summed E-state index contributed by atoms with van der Waals surface area (Å²) in [5, 5.41) is 12.0. The molecule has 0 atom stereocenters. The largest absolute Gasteiger partial charge is 0.496 e. The lowest BCUT2D eigenvalue weighted by atomic mass is 9.91. The van der Waals surface area contributed by atoms with Gasteiger partial charge in [0.15, 0.2) is 0 Å². The fraction of sp³-hybridized carbons (Fsp3) is 0.316. The number of para-hydroxylation sites is 1. The molecule has 2 aromatic rings. The number of ether oxygens (including phenoxy) is 1. The Hall–Kier alpha value is -2.52. The molecule has 2 rings (SSSR count). The number of nitriles is 1. The second kappa shape index (κ2) is 8.04. The molecule has 0 aliphatic rings. The first-order valence-electron chi connectivity index (χ1n) is 7.86. The van der Waals surface area contributed by atoms with Gasteiger partial charge in [0, 0.05) is 12.1 Å². The topological polar surface area (TPSA) is 45.0 Å². The van der Waals surface area contributed by atoms with Gasteiger partial charge in [0.05, 0.1) is 25.2 Å². The van der Waals surface area contributed by atoms with Gasteiger partial charge in [-0.2, -0.15) is 18.4 Å². The second-order valence-electron chi connectivity index (χ2n) is 5.48. The van der Waals surface area contributed by atoms with Crippen LogP contribution in [0, 0.1) is 11.3 Å².